The number of amides is 2. The standard InChI is InChI=1S/C12H20N4O/c1-6-8-16(12(17)13-4)11-9(3)10(7-2)15(5)14-11/h7H,2,6,8H2,1,3-5H3,(H,13,17). The van der Waals surface area contributed by atoms with E-state index in [-0.39, 0.29) is 6.03 Å². The van der Waals surface area contributed by atoms with Crippen LogP contribution in [0.15, 0.2) is 6.58 Å². The zero-order chi connectivity index (χ0) is 13.0. The summed E-state index contributed by atoms with van der Waals surface area (Å²) in [5.41, 5.74) is 1.91. The van der Waals surface area contributed by atoms with E-state index in [9.17, 15) is 4.79 Å². The molecule has 0 unspecified atom stereocenters. The predicted molar refractivity (Wildman–Crippen MR) is 70.1 cm³/mol. The summed E-state index contributed by atoms with van der Waals surface area (Å²) >= 11 is 0. The Morgan fingerprint density at radius 1 is 1.65 bits per heavy atom. The van der Waals surface area contributed by atoms with Gasteiger partial charge in [-0.3, -0.25) is 9.58 Å². The van der Waals surface area contributed by atoms with E-state index in [2.05, 4.69) is 17.0 Å². The van der Waals surface area contributed by atoms with Crippen LogP contribution in [0.1, 0.15) is 24.6 Å². The second kappa shape index (κ2) is 5.52. The Kier molecular flexibility index (Phi) is 4.31. The van der Waals surface area contributed by atoms with Crippen molar-refractivity contribution in [2.24, 2.45) is 7.05 Å². The highest BCUT2D eigenvalue weighted by molar-refractivity contribution is 5.91. The number of hydrogen-bond acceptors (Lipinski definition) is 2. The minimum atomic E-state index is -0.135. The monoisotopic (exact) mass is 236 g/mol. The number of rotatable bonds is 4. The Morgan fingerprint density at radius 3 is 2.71 bits per heavy atom. The van der Waals surface area contributed by atoms with Crippen LogP contribution >= 0.6 is 0 Å². The summed E-state index contributed by atoms with van der Waals surface area (Å²) in [5.74, 6) is 0.698. The van der Waals surface area contributed by atoms with Crippen LogP contribution in [0.3, 0.4) is 0 Å². The maximum atomic E-state index is 11.8. The van der Waals surface area contributed by atoms with E-state index in [0.29, 0.717) is 12.4 Å². The van der Waals surface area contributed by atoms with Gasteiger partial charge < -0.3 is 5.32 Å². The fourth-order valence-corrected chi connectivity index (χ4v) is 1.83. The molecule has 0 bridgehead atoms. The largest absolute Gasteiger partial charge is 0.341 e. The molecule has 0 aliphatic carbocycles. The van der Waals surface area contributed by atoms with Gasteiger partial charge in [0.2, 0.25) is 0 Å². The van der Waals surface area contributed by atoms with E-state index >= 15 is 0 Å². The molecule has 0 spiro atoms. The summed E-state index contributed by atoms with van der Waals surface area (Å²) < 4.78 is 1.74. The van der Waals surface area contributed by atoms with Gasteiger partial charge in [0.15, 0.2) is 5.82 Å². The first-order valence-corrected chi connectivity index (χ1v) is 5.72. The highest BCUT2D eigenvalue weighted by atomic mass is 16.2. The van der Waals surface area contributed by atoms with Gasteiger partial charge in [-0.15, -0.1) is 0 Å². The number of aromatic nitrogens is 2. The molecule has 5 heteroatoms. The van der Waals surface area contributed by atoms with Crippen LogP contribution in [-0.2, 0) is 7.05 Å². The molecule has 1 N–H and O–H groups in total. The van der Waals surface area contributed by atoms with Crippen molar-refractivity contribution in [2.75, 3.05) is 18.5 Å². The normalized spacial score (nSPS) is 10.1. The van der Waals surface area contributed by atoms with E-state index in [4.69, 9.17) is 0 Å². The Hall–Kier alpha value is -1.78. The van der Waals surface area contributed by atoms with E-state index in [0.717, 1.165) is 17.7 Å². The van der Waals surface area contributed by atoms with Crippen LogP contribution in [-0.4, -0.2) is 29.4 Å². The molecule has 0 fully saturated rings. The van der Waals surface area contributed by atoms with E-state index in [1.807, 2.05) is 20.9 Å². The lowest BCUT2D eigenvalue weighted by Gasteiger charge is -2.19. The first-order chi connectivity index (χ1) is 8.06. The first kappa shape index (κ1) is 13.3. The molecule has 1 aromatic rings. The number of urea groups is 1. The number of hydrogen-bond donors (Lipinski definition) is 1. The fraction of sp³-hybridized carbons (Fsp3) is 0.500. The lowest BCUT2D eigenvalue weighted by molar-refractivity contribution is 0.248. The van der Waals surface area contributed by atoms with Crippen LogP contribution < -0.4 is 10.2 Å². The second-order valence-corrected chi connectivity index (χ2v) is 3.87. The third kappa shape index (κ3) is 2.49. The van der Waals surface area contributed by atoms with Crippen molar-refractivity contribution in [3.8, 4) is 0 Å². The molecule has 94 valence electrons. The van der Waals surface area contributed by atoms with Gasteiger partial charge in [-0.25, -0.2) is 4.79 Å². The zero-order valence-corrected chi connectivity index (χ0v) is 10.9. The molecule has 0 aromatic carbocycles. The third-order valence-electron chi connectivity index (χ3n) is 2.67. The maximum absolute atomic E-state index is 11.8. The molecule has 0 aliphatic rings. The van der Waals surface area contributed by atoms with Gasteiger partial charge in [0.05, 0.1) is 5.69 Å². The predicted octanol–water partition coefficient (Wildman–Crippen LogP) is 1.93. The fourth-order valence-electron chi connectivity index (χ4n) is 1.83. The van der Waals surface area contributed by atoms with Crippen molar-refractivity contribution in [3.05, 3.63) is 17.8 Å². The topological polar surface area (TPSA) is 50.2 Å². The highest BCUT2D eigenvalue weighted by Gasteiger charge is 2.20. The minimum absolute atomic E-state index is 0.135. The van der Waals surface area contributed by atoms with Gasteiger partial charge in [-0.2, -0.15) is 5.10 Å². The zero-order valence-electron chi connectivity index (χ0n) is 10.9. The molecule has 0 radical (unpaired) electrons. The van der Waals surface area contributed by atoms with Gasteiger partial charge in [-0.05, 0) is 19.4 Å². The minimum Gasteiger partial charge on any atom is -0.341 e. The number of aryl methyl sites for hydroxylation is 1. The summed E-state index contributed by atoms with van der Waals surface area (Å²) in [4.78, 5) is 13.5. The summed E-state index contributed by atoms with van der Waals surface area (Å²) in [6.07, 6.45) is 2.63. The van der Waals surface area contributed by atoms with Crippen molar-refractivity contribution in [1.29, 1.82) is 0 Å². The van der Waals surface area contributed by atoms with Gasteiger partial charge >= 0.3 is 6.03 Å². The molecule has 0 saturated heterocycles. The molecule has 1 rings (SSSR count). The van der Waals surface area contributed by atoms with Crippen molar-refractivity contribution < 1.29 is 4.79 Å². The van der Waals surface area contributed by atoms with Crippen molar-refractivity contribution in [3.63, 3.8) is 0 Å². The Morgan fingerprint density at radius 2 is 2.29 bits per heavy atom. The van der Waals surface area contributed by atoms with E-state index in [1.54, 1.807) is 22.7 Å². The molecule has 1 aromatic heterocycles. The van der Waals surface area contributed by atoms with Gasteiger partial charge in [0, 0.05) is 26.2 Å². The smallest absolute Gasteiger partial charge is 0.322 e. The summed E-state index contributed by atoms with van der Waals surface area (Å²) in [5, 5.41) is 7.01. The molecule has 17 heavy (non-hydrogen) atoms. The number of nitrogens with one attached hydrogen (secondary N) is 1. The summed E-state index contributed by atoms with van der Waals surface area (Å²) in [6.45, 7) is 8.38. The molecule has 5 nitrogen and oxygen atoms in total. The lowest BCUT2D eigenvalue weighted by atomic mass is 10.2. The van der Waals surface area contributed by atoms with Gasteiger partial charge in [-0.1, -0.05) is 13.5 Å². The third-order valence-corrected chi connectivity index (χ3v) is 2.67. The first-order valence-electron chi connectivity index (χ1n) is 5.72. The van der Waals surface area contributed by atoms with E-state index in [1.165, 1.54) is 0 Å². The van der Waals surface area contributed by atoms with Gasteiger partial charge in [0.1, 0.15) is 0 Å². The van der Waals surface area contributed by atoms with Crippen LogP contribution in [0.2, 0.25) is 0 Å². The number of carbonyl (C=O) groups excluding carboxylic acids is 1. The van der Waals surface area contributed by atoms with Crippen molar-refractivity contribution >= 4 is 17.9 Å². The molecule has 0 aliphatic heterocycles. The summed E-state index contributed by atoms with van der Waals surface area (Å²) in [7, 11) is 3.47. The number of carbonyl (C=O) groups is 1. The van der Waals surface area contributed by atoms with Crippen molar-refractivity contribution in [2.45, 2.75) is 20.3 Å². The maximum Gasteiger partial charge on any atom is 0.322 e. The van der Waals surface area contributed by atoms with Crippen molar-refractivity contribution in [1.82, 2.24) is 15.1 Å². The van der Waals surface area contributed by atoms with Crippen LogP contribution in [0.4, 0.5) is 10.6 Å². The molecule has 2 amide bonds. The summed E-state index contributed by atoms with van der Waals surface area (Å²) in [6, 6.07) is -0.135. The lowest BCUT2D eigenvalue weighted by Crippen LogP contribution is -2.39. The molecular formula is C12H20N4O. The number of nitrogens with zero attached hydrogens (tertiary/aromatic N) is 3. The Labute approximate surface area is 102 Å². The molecule has 0 atom stereocenters. The van der Waals surface area contributed by atoms with Crippen LogP contribution in [0.5, 0.6) is 0 Å². The molecular weight excluding hydrogens is 216 g/mol. The average molecular weight is 236 g/mol. The van der Waals surface area contributed by atoms with Gasteiger partial charge in [0.25, 0.3) is 0 Å². The SMILES string of the molecule is C=Cc1c(C)c(N(CCC)C(=O)NC)nn1C. The van der Waals surface area contributed by atoms with Crippen LogP contribution in [0.25, 0.3) is 6.08 Å². The van der Waals surface area contributed by atoms with Crippen LogP contribution in [0, 0.1) is 6.92 Å². The Balaban J connectivity index is 3.19. The molecule has 1 heterocycles. The quantitative estimate of drug-likeness (QED) is 0.868. The second-order valence-electron chi connectivity index (χ2n) is 3.87. The Bertz CT molecular complexity index is 422. The average Bonchev–Trinajstić information content (AvgIpc) is 2.60. The number of anilines is 1. The van der Waals surface area contributed by atoms with E-state index < -0.39 is 0 Å². The molecule has 0 saturated carbocycles. The highest BCUT2D eigenvalue weighted by Crippen LogP contribution is 2.22.